The number of nitrogens with zero attached hydrogens (tertiary/aromatic N) is 2. The van der Waals surface area contributed by atoms with Gasteiger partial charge in [0.1, 0.15) is 0 Å². The predicted octanol–water partition coefficient (Wildman–Crippen LogP) is 1.72. The molecule has 0 saturated heterocycles. The van der Waals surface area contributed by atoms with E-state index in [4.69, 9.17) is 9.26 Å². The van der Waals surface area contributed by atoms with E-state index in [0.717, 1.165) is 5.56 Å². The average Bonchev–Trinajstić information content (AvgIpc) is 2.79. The third-order valence-electron chi connectivity index (χ3n) is 2.26. The Kier molecular flexibility index (Phi) is 4.10. The largest absolute Gasteiger partial charge is 0.383 e. The van der Waals surface area contributed by atoms with Crippen LogP contribution in [-0.4, -0.2) is 30.4 Å². The van der Waals surface area contributed by atoms with Crippen molar-refractivity contribution in [1.29, 1.82) is 0 Å². The van der Waals surface area contributed by atoms with Crippen LogP contribution < -0.4 is 5.32 Å². The van der Waals surface area contributed by atoms with Gasteiger partial charge in [-0.1, -0.05) is 35.5 Å². The summed E-state index contributed by atoms with van der Waals surface area (Å²) < 4.78 is 9.97. The van der Waals surface area contributed by atoms with Crippen molar-refractivity contribution in [2.75, 3.05) is 25.6 Å². The molecule has 0 amide bonds. The molecule has 0 unspecified atom stereocenters. The highest BCUT2D eigenvalue weighted by Crippen LogP contribution is 2.08. The van der Waals surface area contributed by atoms with Gasteiger partial charge in [-0.15, -0.1) is 0 Å². The molecule has 0 bridgehead atoms. The van der Waals surface area contributed by atoms with Crippen LogP contribution in [0.3, 0.4) is 0 Å². The summed E-state index contributed by atoms with van der Waals surface area (Å²) in [4.78, 5) is 4.23. The number of methoxy groups -OCH3 is 1. The molecule has 2 aromatic rings. The fraction of sp³-hybridized carbons (Fsp3) is 0.333. The molecule has 1 aromatic heterocycles. The van der Waals surface area contributed by atoms with E-state index in [1.807, 2.05) is 30.3 Å². The Morgan fingerprint density at radius 3 is 2.88 bits per heavy atom. The number of aromatic nitrogens is 2. The van der Waals surface area contributed by atoms with Crippen molar-refractivity contribution in [3.05, 3.63) is 41.7 Å². The first-order valence-corrected chi connectivity index (χ1v) is 5.48. The molecular formula is C12H15N3O2. The molecule has 0 aliphatic heterocycles. The Morgan fingerprint density at radius 2 is 2.12 bits per heavy atom. The highest BCUT2D eigenvalue weighted by Gasteiger charge is 2.05. The predicted molar refractivity (Wildman–Crippen MR) is 63.9 cm³/mol. The molecular weight excluding hydrogens is 218 g/mol. The third kappa shape index (κ3) is 3.57. The molecule has 0 spiro atoms. The summed E-state index contributed by atoms with van der Waals surface area (Å²) in [5, 5.41) is 6.89. The maximum atomic E-state index is 5.06. The van der Waals surface area contributed by atoms with Gasteiger partial charge >= 0.3 is 6.01 Å². The molecule has 1 N–H and O–H groups in total. The lowest BCUT2D eigenvalue weighted by Gasteiger charge is -1.97. The Hall–Kier alpha value is -1.88. The molecule has 2 rings (SSSR count). The summed E-state index contributed by atoms with van der Waals surface area (Å²) in [5.41, 5.74) is 1.16. The first-order valence-electron chi connectivity index (χ1n) is 5.48. The molecule has 1 heterocycles. The van der Waals surface area contributed by atoms with Gasteiger partial charge in [-0.25, -0.2) is 0 Å². The monoisotopic (exact) mass is 233 g/mol. The van der Waals surface area contributed by atoms with E-state index in [-0.39, 0.29) is 0 Å². The van der Waals surface area contributed by atoms with Crippen LogP contribution in [0.25, 0.3) is 0 Å². The lowest BCUT2D eigenvalue weighted by Crippen LogP contribution is -2.07. The highest BCUT2D eigenvalue weighted by molar-refractivity contribution is 5.22. The fourth-order valence-electron chi connectivity index (χ4n) is 1.44. The van der Waals surface area contributed by atoms with Crippen molar-refractivity contribution in [2.24, 2.45) is 0 Å². The van der Waals surface area contributed by atoms with Crippen LogP contribution in [-0.2, 0) is 11.2 Å². The molecule has 5 heteroatoms. The zero-order valence-corrected chi connectivity index (χ0v) is 9.72. The van der Waals surface area contributed by atoms with E-state index < -0.39 is 0 Å². The second kappa shape index (κ2) is 6.00. The van der Waals surface area contributed by atoms with Crippen LogP contribution in [0.5, 0.6) is 0 Å². The number of benzene rings is 1. The van der Waals surface area contributed by atoms with Crippen LogP contribution in [0.1, 0.15) is 11.4 Å². The molecule has 0 atom stereocenters. The van der Waals surface area contributed by atoms with E-state index in [2.05, 4.69) is 15.5 Å². The summed E-state index contributed by atoms with van der Waals surface area (Å²) in [6.45, 7) is 1.26. The third-order valence-corrected chi connectivity index (χ3v) is 2.26. The zero-order chi connectivity index (χ0) is 11.9. The first-order chi connectivity index (χ1) is 8.38. The van der Waals surface area contributed by atoms with Gasteiger partial charge in [-0.3, -0.25) is 0 Å². The standard InChI is InChI=1S/C12H15N3O2/c1-16-8-7-13-12-14-11(15-17-12)9-10-5-3-2-4-6-10/h2-6H,7-9H2,1H3,(H,13,14,15). The van der Waals surface area contributed by atoms with Crippen molar-refractivity contribution in [2.45, 2.75) is 6.42 Å². The molecule has 0 saturated carbocycles. The van der Waals surface area contributed by atoms with Crippen LogP contribution >= 0.6 is 0 Å². The lowest BCUT2D eigenvalue weighted by molar-refractivity contribution is 0.210. The second-order valence-electron chi connectivity index (χ2n) is 3.60. The van der Waals surface area contributed by atoms with E-state index in [1.165, 1.54) is 0 Å². The summed E-state index contributed by atoms with van der Waals surface area (Å²) >= 11 is 0. The molecule has 1 aromatic carbocycles. The number of anilines is 1. The number of nitrogens with one attached hydrogen (secondary N) is 1. The normalized spacial score (nSPS) is 10.4. The average molecular weight is 233 g/mol. The summed E-state index contributed by atoms with van der Waals surface area (Å²) in [6.07, 6.45) is 0.677. The van der Waals surface area contributed by atoms with Crippen molar-refractivity contribution in [3.8, 4) is 0 Å². The Morgan fingerprint density at radius 1 is 1.29 bits per heavy atom. The van der Waals surface area contributed by atoms with E-state index in [0.29, 0.717) is 31.4 Å². The molecule has 0 aliphatic rings. The lowest BCUT2D eigenvalue weighted by atomic mass is 10.1. The molecule has 90 valence electrons. The van der Waals surface area contributed by atoms with Gasteiger partial charge in [0.05, 0.1) is 6.61 Å². The molecule has 5 nitrogen and oxygen atoms in total. The number of hydrogen-bond acceptors (Lipinski definition) is 5. The molecule has 0 radical (unpaired) electrons. The van der Waals surface area contributed by atoms with E-state index in [9.17, 15) is 0 Å². The van der Waals surface area contributed by atoms with Crippen molar-refractivity contribution < 1.29 is 9.26 Å². The Bertz CT molecular complexity index is 442. The topological polar surface area (TPSA) is 60.2 Å². The van der Waals surface area contributed by atoms with Gasteiger partial charge in [-0.2, -0.15) is 4.98 Å². The van der Waals surface area contributed by atoms with Crippen LogP contribution in [0.15, 0.2) is 34.9 Å². The van der Waals surface area contributed by atoms with E-state index >= 15 is 0 Å². The Balaban J connectivity index is 1.90. The SMILES string of the molecule is COCCNc1nc(Cc2ccccc2)no1. The van der Waals surface area contributed by atoms with Crippen molar-refractivity contribution in [3.63, 3.8) is 0 Å². The summed E-state index contributed by atoms with van der Waals surface area (Å²) in [7, 11) is 1.65. The van der Waals surface area contributed by atoms with Crippen LogP contribution in [0, 0.1) is 0 Å². The minimum atomic E-state index is 0.438. The summed E-state index contributed by atoms with van der Waals surface area (Å²) in [5.74, 6) is 0.677. The van der Waals surface area contributed by atoms with Crippen molar-refractivity contribution in [1.82, 2.24) is 10.1 Å². The minimum Gasteiger partial charge on any atom is -0.383 e. The number of hydrogen-bond donors (Lipinski definition) is 1. The van der Waals surface area contributed by atoms with Crippen LogP contribution in [0.2, 0.25) is 0 Å². The smallest absolute Gasteiger partial charge is 0.321 e. The maximum absolute atomic E-state index is 5.06. The van der Waals surface area contributed by atoms with Gasteiger partial charge in [0, 0.05) is 20.1 Å². The number of ether oxygens (including phenoxy) is 1. The molecule has 17 heavy (non-hydrogen) atoms. The minimum absolute atomic E-state index is 0.438. The number of rotatable bonds is 6. The van der Waals surface area contributed by atoms with Gasteiger partial charge < -0.3 is 14.6 Å². The fourth-order valence-corrected chi connectivity index (χ4v) is 1.44. The van der Waals surface area contributed by atoms with Gasteiger partial charge in [0.15, 0.2) is 5.82 Å². The van der Waals surface area contributed by atoms with Gasteiger partial charge in [0.25, 0.3) is 0 Å². The van der Waals surface area contributed by atoms with Gasteiger partial charge in [0.2, 0.25) is 0 Å². The Labute approximate surface area is 99.8 Å². The van der Waals surface area contributed by atoms with Crippen LogP contribution in [0.4, 0.5) is 6.01 Å². The van der Waals surface area contributed by atoms with Crippen molar-refractivity contribution >= 4 is 6.01 Å². The van der Waals surface area contributed by atoms with E-state index in [1.54, 1.807) is 7.11 Å². The molecule has 0 fully saturated rings. The zero-order valence-electron chi connectivity index (χ0n) is 9.72. The van der Waals surface area contributed by atoms with Gasteiger partial charge in [-0.05, 0) is 5.56 Å². The quantitative estimate of drug-likeness (QED) is 0.770. The first kappa shape index (κ1) is 11.6. The summed E-state index contributed by atoms with van der Waals surface area (Å²) in [6, 6.07) is 10.5. The highest BCUT2D eigenvalue weighted by atomic mass is 16.5. The maximum Gasteiger partial charge on any atom is 0.321 e. The molecule has 0 aliphatic carbocycles. The second-order valence-corrected chi connectivity index (χ2v) is 3.60.